The number of nitrogens with one attached hydrogen (secondary N) is 1. The molecule has 0 aromatic heterocycles. The number of carboxylic acid groups (broad SMARTS) is 1. The second-order valence-electron chi connectivity index (χ2n) is 5.11. The van der Waals surface area contributed by atoms with Gasteiger partial charge >= 0.3 is 5.97 Å². The van der Waals surface area contributed by atoms with Crippen molar-refractivity contribution < 1.29 is 19.5 Å². The lowest BCUT2D eigenvalue weighted by molar-refractivity contribution is -0.159. The molecule has 1 aliphatic rings. The smallest absolute Gasteiger partial charge is 0.318 e. The summed E-state index contributed by atoms with van der Waals surface area (Å²) < 4.78 is 0. The van der Waals surface area contributed by atoms with Crippen LogP contribution in [0.1, 0.15) is 26.7 Å². The largest absolute Gasteiger partial charge is 0.480 e. The van der Waals surface area contributed by atoms with Crippen molar-refractivity contribution in [3.63, 3.8) is 0 Å². The summed E-state index contributed by atoms with van der Waals surface area (Å²) in [6, 6.07) is 0. The molecule has 0 aliphatic carbocycles. The molecule has 0 atom stereocenters. The zero-order valence-corrected chi connectivity index (χ0v) is 11.0. The van der Waals surface area contributed by atoms with Gasteiger partial charge in [-0.3, -0.25) is 14.4 Å². The van der Waals surface area contributed by atoms with E-state index in [4.69, 9.17) is 5.11 Å². The average Bonchev–Trinajstić information content (AvgIpc) is 2.36. The van der Waals surface area contributed by atoms with Gasteiger partial charge in [0.15, 0.2) is 0 Å². The summed E-state index contributed by atoms with van der Waals surface area (Å²) in [5.74, 6) is -1.60. The van der Waals surface area contributed by atoms with Crippen molar-refractivity contribution in [3.8, 4) is 0 Å². The highest BCUT2D eigenvalue weighted by atomic mass is 16.4. The Morgan fingerprint density at radius 1 is 1.22 bits per heavy atom. The van der Waals surface area contributed by atoms with Crippen LogP contribution in [0.15, 0.2) is 0 Å². The molecule has 18 heavy (non-hydrogen) atoms. The van der Waals surface area contributed by atoms with E-state index in [-0.39, 0.29) is 17.7 Å². The van der Waals surface area contributed by atoms with E-state index in [0.717, 1.165) is 0 Å². The molecule has 1 aliphatic heterocycles. The first-order valence-electron chi connectivity index (χ1n) is 6.05. The predicted molar refractivity (Wildman–Crippen MR) is 64.8 cm³/mol. The molecule has 0 aromatic rings. The van der Waals surface area contributed by atoms with Gasteiger partial charge in [0.1, 0.15) is 5.41 Å². The Morgan fingerprint density at radius 3 is 2.11 bits per heavy atom. The lowest BCUT2D eigenvalue weighted by Gasteiger charge is -2.34. The lowest BCUT2D eigenvalue weighted by atomic mass is 9.89. The Kier molecular flexibility index (Phi) is 4.32. The number of hydrogen-bond donors (Lipinski definition) is 2. The van der Waals surface area contributed by atoms with Gasteiger partial charge in [0, 0.05) is 26.1 Å². The van der Waals surface area contributed by atoms with Crippen LogP contribution in [-0.4, -0.2) is 47.9 Å². The first-order valence-corrected chi connectivity index (χ1v) is 6.05. The number of hydrogen-bond acceptors (Lipinski definition) is 3. The summed E-state index contributed by atoms with van der Waals surface area (Å²) in [5.41, 5.74) is -1.40. The minimum atomic E-state index is -1.40. The Labute approximate surface area is 106 Å². The number of rotatable bonds is 3. The van der Waals surface area contributed by atoms with Crippen LogP contribution in [0.3, 0.4) is 0 Å². The minimum Gasteiger partial charge on any atom is -0.480 e. The molecule has 2 N–H and O–H groups in total. The van der Waals surface area contributed by atoms with Gasteiger partial charge in [0.05, 0.1) is 0 Å². The number of likely N-dealkylation sites (tertiary alicyclic amines) is 1. The maximum absolute atomic E-state index is 12.1. The SMILES string of the molecule is CNC(=O)C1CCN(C(=O)C(C)(C)C(=O)O)CC1. The van der Waals surface area contributed by atoms with Crippen molar-refractivity contribution >= 4 is 17.8 Å². The summed E-state index contributed by atoms with van der Waals surface area (Å²) in [5, 5.41) is 11.6. The molecule has 2 amide bonds. The van der Waals surface area contributed by atoms with Crippen molar-refractivity contribution in [2.24, 2.45) is 11.3 Å². The maximum Gasteiger partial charge on any atom is 0.318 e. The monoisotopic (exact) mass is 256 g/mol. The van der Waals surface area contributed by atoms with Gasteiger partial charge < -0.3 is 15.3 Å². The van der Waals surface area contributed by atoms with Crippen molar-refractivity contribution in [3.05, 3.63) is 0 Å². The van der Waals surface area contributed by atoms with Crippen LogP contribution in [0.4, 0.5) is 0 Å². The Hall–Kier alpha value is -1.59. The van der Waals surface area contributed by atoms with E-state index in [2.05, 4.69) is 5.32 Å². The number of nitrogens with zero attached hydrogens (tertiary/aromatic N) is 1. The fraction of sp³-hybridized carbons (Fsp3) is 0.750. The standard InChI is InChI=1S/C12H20N2O4/c1-12(2,11(17)18)10(16)14-6-4-8(5-7-14)9(15)13-3/h8H,4-7H2,1-3H3,(H,13,15)(H,17,18). The normalized spacial score (nSPS) is 17.4. The van der Waals surface area contributed by atoms with Crippen molar-refractivity contribution in [2.75, 3.05) is 20.1 Å². The second kappa shape index (κ2) is 5.37. The molecule has 0 unspecified atom stereocenters. The van der Waals surface area contributed by atoms with E-state index in [9.17, 15) is 14.4 Å². The number of aliphatic carboxylic acids is 1. The molecule has 1 saturated heterocycles. The first kappa shape index (κ1) is 14.5. The third-order valence-corrected chi connectivity index (χ3v) is 3.47. The van der Waals surface area contributed by atoms with E-state index >= 15 is 0 Å². The van der Waals surface area contributed by atoms with Crippen LogP contribution >= 0.6 is 0 Å². The molecular weight excluding hydrogens is 236 g/mol. The van der Waals surface area contributed by atoms with E-state index in [1.807, 2.05) is 0 Å². The van der Waals surface area contributed by atoms with Crippen LogP contribution < -0.4 is 5.32 Å². The van der Waals surface area contributed by atoms with Crippen LogP contribution in [0, 0.1) is 11.3 Å². The minimum absolute atomic E-state index is 0.0143. The molecule has 0 saturated carbocycles. The highest BCUT2D eigenvalue weighted by Gasteiger charge is 2.40. The Balaban J connectivity index is 2.61. The van der Waals surface area contributed by atoms with Crippen molar-refractivity contribution in [1.82, 2.24) is 10.2 Å². The number of piperidine rings is 1. The van der Waals surface area contributed by atoms with Crippen LogP contribution in [0.25, 0.3) is 0 Å². The average molecular weight is 256 g/mol. The van der Waals surface area contributed by atoms with Gasteiger partial charge in [-0.25, -0.2) is 0 Å². The van der Waals surface area contributed by atoms with Gasteiger partial charge in [-0.2, -0.15) is 0 Å². The molecule has 0 aromatic carbocycles. The fourth-order valence-corrected chi connectivity index (χ4v) is 2.04. The number of amides is 2. The summed E-state index contributed by atoms with van der Waals surface area (Å²) in [4.78, 5) is 36.0. The lowest BCUT2D eigenvalue weighted by Crippen LogP contribution is -2.49. The summed E-state index contributed by atoms with van der Waals surface area (Å²) >= 11 is 0. The van der Waals surface area contributed by atoms with Gasteiger partial charge in [-0.1, -0.05) is 0 Å². The zero-order chi connectivity index (χ0) is 13.9. The number of carboxylic acids is 1. The second-order valence-corrected chi connectivity index (χ2v) is 5.11. The van der Waals surface area contributed by atoms with Crippen LogP contribution in [0.5, 0.6) is 0 Å². The highest BCUT2D eigenvalue weighted by molar-refractivity contribution is 6.01. The Morgan fingerprint density at radius 2 is 1.72 bits per heavy atom. The summed E-state index contributed by atoms with van der Waals surface area (Å²) in [6.45, 7) is 3.69. The molecular formula is C12H20N2O4. The van der Waals surface area contributed by atoms with E-state index in [0.29, 0.717) is 25.9 Å². The molecule has 1 rings (SSSR count). The van der Waals surface area contributed by atoms with Gasteiger partial charge in [0.2, 0.25) is 11.8 Å². The molecule has 102 valence electrons. The highest BCUT2D eigenvalue weighted by Crippen LogP contribution is 2.24. The Bertz CT molecular complexity index is 357. The number of carbonyl (C=O) groups excluding carboxylic acids is 2. The van der Waals surface area contributed by atoms with Crippen LogP contribution in [0.2, 0.25) is 0 Å². The van der Waals surface area contributed by atoms with Gasteiger partial charge in [-0.15, -0.1) is 0 Å². The third kappa shape index (κ3) is 2.80. The quantitative estimate of drug-likeness (QED) is 0.700. The topological polar surface area (TPSA) is 86.7 Å². The molecule has 1 fully saturated rings. The molecule has 0 bridgehead atoms. The fourth-order valence-electron chi connectivity index (χ4n) is 2.04. The molecule has 6 nitrogen and oxygen atoms in total. The van der Waals surface area contributed by atoms with Crippen molar-refractivity contribution in [1.29, 1.82) is 0 Å². The predicted octanol–water partition coefficient (Wildman–Crippen LogP) is 0.0818. The maximum atomic E-state index is 12.1. The van der Waals surface area contributed by atoms with E-state index < -0.39 is 11.4 Å². The number of carbonyl (C=O) groups is 3. The molecule has 0 spiro atoms. The molecule has 6 heteroatoms. The van der Waals surface area contributed by atoms with Crippen LogP contribution in [-0.2, 0) is 14.4 Å². The summed E-state index contributed by atoms with van der Waals surface area (Å²) in [6.07, 6.45) is 1.17. The molecule has 1 heterocycles. The summed E-state index contributed by atoms with van der Waals surface area (Å²) in [7, 11) is 1.59. The van der Waals surface area contributed by atoms with Crippen molar-refractivity contribution in [2.45, 2.75) is 26.7 Å². The third-order valence-electron chi connectivity index (χ3n) is 3.47. The first-order chi connectivity index (χ1) is 8.30. The molecule has 0 radical (unpaired) electrons. The van der Waals surface area contributed by atoms with E-state index in [1.165, 1.54) is 18.7 Å². The van der Waals surface area contributed by atoms with Gasteiger partial charge in [0.25, 0.3) is 0 Å². The van der Waals surface area contributed by atoms with Gasteiger partial charge in [-0.05, 0) is 26.7 Å². The van der Waals surface area contributed by atoms with E-state index in [1.54, 1.807) is 7.05 Å². The zero-order valence-electron chi connectivity index (χ0n) is 11.0.